The number of ether oxygens (including phenoxy) is 1. The fourth-order valence-electron chi connectivity index (χ4n) is 4.36. The van der Waals surface area contributed by atoms with Gasteiger partial charge in [-0.05, 0) is 62.1 Å². The van der Waals surface area contributed by atoms with E-state index in [9.17, 15) is 9.59 Å². The lowest BCUT2D eigenvalue weighted by Crippen LogP contribution is -2.49. The Kier molecular flexibility index (Phi) is 7.29. The molecule has 2 aliphatic heterocycles. The average molecular weight is 459 g/mol. The molecular formula is C24H31ClN4O3. The number of piperazine rings is 1. The normalized spacial score (nSPS) is 18.4. The van der Waals surface area contributed by atoms with Gasteiger partial charge >= 0.3 is 6.09 Å². The first-order valence-electron chi connectivity index (χ1n) is 11.0. The fraction of sp³-hybridized carbons (Fsp3) is 0.458. The zero-order chi connectivity index (χ0) is 22.1. The van der Waals surface area contributed by atoms with Gasteiger partial charge in [0.15, 0.2) is 0 Å². The Bertz CT molecular complexity index is 1000. The van der Waals surface area contributed by atoms with Gasteiger partial charge in [0.2, 0.25) is 0 Å². The van der Waals surface area contributed by atoms with Crippen LogP contribution >= 0.6 is 12.4 Å². The lowest BCUT2D eigenvalue weighted by atomic mass is 10.0. The highest BCUT2D eigenvalue weighted by Crippen LogP contribution is 2.27. The quantitative estimate of drug-likeness (QED) is 0.693. The van der Waals surface area contributed by atoms with E-state index in [4.69, 9.17) is 4.74 Å². The van der Waals surface area contributed by atoms with E-state index in [1.807, 2.05) is 43.1 Å². The van der Waals surface area contributed by atoms with Crippen LogP contribution in [-0.2, 0) is 11.2 Å². The molecule has 4 rings (SSSR count). The first kappa shape index (κ1) is 23.9. The Morgan fingerprint density at radius 3 is 2.41 bits per heavy atom. The molecule has 0 radical (unpaired) electrons. The minimum atomic E-state index is -0.335. The van der Waals surface area contributed by atoms with Crippen molar-refractivity contribution in [1.82, 2.24) is 9.88 Å². The second-order valence-corrected chi connectivity index (χ2v) is 8.41. The number of amides is 2. The maximum absolute atomic E-state index is 13.2. The molecule has 7 nitrogen and oxygen atoms in total. The molecule has 1 aromatic heterocycles. The molecule has 0 N–H and O–H groups in total. The lowest BCUT2D eigenvalue weighted by molar-refractivity contribution is 0.0746. The number of nitrogens with zero attached hydrogens (tertiary/aromatic N) is 4. The Labute approximate surface area is 195 Å². The zero-order valence-electron chi connectivity index (χ0n) is 19.1. The summed E-state index contributed by atoms with van der Waals surface area (Å²) in [5, 5.41) is 0. The standard InChI is InChI=1S/C24H30N4O3.ClH/c1-5-19-12-17(3)22(25-14-19)26-8-10-27(11-9-26)23(29)21-7-6-20(13-16(21)2)28-18(4)15-31-24(28)30;/h6-7,12-14,18H,5,8-11,15H2,1-4H3;1H. The molecule has 0 aliphatic carbocycles. The topological polar surface area (TPSA) is 66.0 Å². The highest BCUT2D eigenvalue weighted by Gasteiger charge is 2.31. The second kappa shape index (κ2) is 9.77. The Morgan fingerprint density at radius 1 is 1.12 bits per heavy atom. The van der Waals surface area contributed by atoms with Gasteiger partial charge in [-0.1, -0.05) is 13.0 Å². The largest absolute Gasteiger partial charge is 0.447 e. The predicted octanol–water partition coefficient (Wildman–Crippen LogP) is 3.99. The summed E-state index contributed by atoms with van der Waals surface area (Å²) < 4.78 is 5.11. The molecule has 172 valence electrons. The number of anilines is 2. The van der Waals surface area contributed by atoms with Crippen LogP contribution in [0.25, 0.3) is 0 Å². The van der Waals surface area contributed by atoms with Crippen molar-refractivity contribution in [2.45, 2.75) is 40.2 Å². The van der Waals surface area contributed by atoms with Gasteiger partial charge in [0.25, 0.3) is 5.91 Å². The summed E-state index contributed by atoms with van der Waals surface area (Å²) in [4.78, 5) is 35.6. The monoisotopic (exact) mass is 458 g/mol. The van der Waals surface area contributed by atoms with Crippen molar-refractivity contribution in [2.75, 3.05) is 42.6 Å². The molecule has 1 unspecified atom stereocenters. The molecule has 3 heterocycles. The lowest BCUT2D eigenvalue weighted by Gasteiger charge is -2.36. The molecule has 2 fully saturated rings. The van der Waals surface area contributed by atoms with Crippen LogP contribution in [0.3, 0.4) is 0 Å². The Morgan fingerprint density at radius 2 is 1.84 bits per heavy atom. The molecular weight excluding hydrogens is 428 g/mol. The van der Waals surface area contributed by atoms with Crippen molar-refractivity contribution in [3.8, 4) is 0 Å². The number of halogens is 1. The van der Waals surface area contributed by atoms with Gasteiger partial charge in [-0.25, -0.2) is 9.78 Å². The highest BCUT2D eigenvalue weighted by molar-refractivity contribution is 5.97. The van der Waals surface area contributed by atoms with E-state index in [0.29, 0.717) is 25.3 Å². The molecule has 2 aromatic rings. The molecule has 2 aliphatic rings. The number of hydrogen-bond donors (Lipinski definition) is 0. The number of aromatic nitrogens is 1. The maximum Gasteiger partial charge on any atom is 0.414 e. The van der Waals surface area contributed by atoms with E-state index in [1.165, 1.54) is 11.1 Å². The number of rotatable bonds is 4. The molecule has 1 atom stereocenters. The molecule has 0 spiro atoms. The van der Waals surface area contributed by atoms with Crippen molar-refractivity contribution in [3.63, 3.8) is 0 Å². The van der Waals surface area contributed by atoms with Crippen molar-refractivity contribution in [1.29, 1.82) is 0 Å². The van der Waals surface area contributed by atoms with Crippen LogP contribution in [0.1, 0.15) is 40.9 Å². The Hall–Kier alpha value is -2.80. The van der Waals surface area contributed by atoms with E-state index < -0.39 is 0 Å². The van der Waals surface area contributed by atoms with Crippen LogP contribution < -0.4 is 9.80 Å². The summed E-state index contributed by atoms with van der Waals surface area (Å²) in [5.74, 6) is 1.04. The smallest absolute Gasteiger partial charge is 0.414 e. The SMILES string of the molecule is CCc1cnc(N2CCN(C(=O)c3ccc(N4C(=O)OCC4C)cc3C)CC2)c(C)c1.Cl. The summed E-state index contributed by atoms with van der Waals surface area (Å²) in [6.45, 7) is 11.3. The van der Waals surface area contributed by atoms with E-state index in [0.717, 1.165) is 36.6 Å². The predicted molar refractivity (Wildman–Crippen MR) is 128 cm³/mol. The molecule has 8 heteroatoms. The van der Waals surface area contributed by atoms with Crippen molar-refractivity contribution in [2.24, 2.45) is 0 Å². The van der Waals surface area contributed by atoms with Gasteiger partial charge < -0.3 is 14.5 Å². The van der Waals surface area contributed by atoms with Gasteiger partial charge in [-0.2, -0.15) is 0 Å². The number of hydrogen-bond acceptors (Lipinski definition) is 5. The number of pyridine rings is 1. The van der Waals surface area contributed by atoms with Crippen LogP contribution in [0.5, 0.6) is 0 Å². The van der Waals surface area contributed by atoms with Gasteiger partial charge in [-0.3, -0.25) is 9.69 Å². The maximum atomic E-state index is 13.2. The molecule has 32 heavy (non-hydrogen) atoms. The summed E-state index contributed by atoms with van der Waals surface area (Å²) >= 11 is 0. The van der Waals surface area contributed by atoms with Gasteiger partial charge in [0.05, 0.1) is 6.04 Å². The van der Waals surface area contributed by atoms with Gasteiger partial charge in [0.1, 0.15) is 12.4 Å². The third-order valence-corrected chi connectivity index (χ3v) is 6.19. The second-order valence-electron chi connectivity index (χ2n) is 8.41. The van der Waals surface area contributed by atoms with Crippen LogP contribution in [0.2, 0.25) is 0 Å². The number of carbonyl (C=O) groups is 2. The van der Waals surface area contributed by atoms with E-state index in [-0.39, 0.29) is 30.4 Å². The molecule has 2 saturated heterocycles. The van der Waals surface area contributed by atoms with Crippen molar-refractivity contribution in [3.05, 3.63) is 52.7 Å². The number of aryl methyl sites for hydroxylation is 3. The first-order chi connectivity index (χ1) is 14.9. The summed E-state index contributed by atoms with van der Waals surface area (Å²) in [6.07, 6.45) is 2.59. The fourth-order valence-corrected chi connectivity index (χ4v) is 4.36. The van der Waals surface area contributed by atoms with Crippen molar-refractivity contribution >= 4 is 35.9 Å². The van der Waals surface area contributed by atoms with Crippen molar-refractivity contribution < 1.29 is 14.3 Å². The third kappa shape index (κ3) is 4.53. The molecule has 0 bridgehead atoms. The van der Waals surface area contributed by atoms with Crippen LogP contribution in [-0.4, -0.2) is 60.7 Å². The van der Waals surface area contributed by atoms with Crippen LogP contribution in [0.15, 0.2) is 30.5 Å². The van der Waals surface area contributed by atoms with Crippen LogP contribution in [0, 0.1) is 13.8 Å². The summed E-state index contributed by atoms with van der Waals surface area (Å²) in [5.41, 5.74) is 4.74. The zero-order valence-corrected chi connectivity index (χ0v) is 19.9. The number of cyclic esters (lactones) is 1. The summed E-state index contributed by atoms with van der Waals surface area (Å²) in [7, 11) is 0. The number of benzene rings is 1. The highest BCUT2D eigenvalue weighted by atomic mass is 35.5. The van der Waals surface area contributed by atoms with E-state index in [1.54, 1.807) is 4.90 Å². The van der Waals surface area contributed by atoms with Crippen LogP contribution in [0.4, 0.5) is 16.3 Å². The van der Waals surface area contributed by atoms with E-state index >= 15 is 0 Å². The van der Waals surface area contributed by atoms with Gasteiger partial charge in [-0.15, -0.1) is 12.4 Å². The molecule has 0 saturated carbocycles. The summed E-state index contributed by atoms with van der Waals surface area (Å²) in [6, 6.07) is 7.75. The third-order valence-electron chi connectivity index (χ3n) is 6.19. The molecule has 1 aromatic carbocycles. The first-order valence-corrected chi connectivity index (χ1v) is 11.0. The minimum Gasteiger partial charge on any atom is -0.447 e. The average Bonchev–Trinajstić information content (AvgIpc) is 3.11. The Balaban J connectivity index is 0.00000289. The number of carbonyl (C=O) groups excluding carboxylic acids is 2. The van der Waals surface area contributed by atoms with E-state index in [2.05, 4.69) is 29.8 Å². The van der Waals surface area contributed by atoms with Gasteiger partial charge in [0, 0.05) is 43.6 Å². The molecule has 2 amide bonds. The minimum absolute atomic E-state index is 0.